The Kier molecular flexibility index (Phi) is 17.2. The molecule has 0 unspecified atom stereocenters. The number of nitrogens with zero attached hydrogens (tertiary/aromatic N) is 10. The normalized spacial score (nSPS) is 10.3. The summed E-state index contributed by atoms with van der Waals surface area (Å²) < 4.78 is 85.7. The second-order valence-corrected chi connectivity index (χ2v) is 10.9. The molecule has 0 aliphatic rings. The maximum Gasteiger partial charge on any atom is 0.388 e. The van der Waals surface area contributed by atoms with Crippen LogP contribution in [-0.2, 0) is 28.2 Å². The Labute approximate surface area is 288 Å². The van der Waals surface area contributed by atoms with E-state index in [1.165, 1.54) is 34.5 Å². The quantitative estimate of drug-likeness (QED) is 0.191. The number of benzene rings is 1. The number of hydrogen-bond donors (Lipinski definition) is 0. The Balaban J connectivity index is 0.000000317. The minimum Gasteiger partial charge on any atom is -0.472 e. The first-order valence-electron chi connectivity index (χ1n) is 15.1. The fraction of sp³-hybridized carbons (Fsp3) is 0.500. The van der Waals surface area contributed by atoms with Crippen molar-refractivity contribution in [2.45, 2.75) is 75.4 Å². The number of alkyl halides is 4. The molecule has 4 aromatic heterocycles. The van der Waals surface area contributed by atoms with Crippen LogP contribution in [0, 0.1) is 73.9 Å². The molecule has 0 saturated heterocycles. The largest absolute Gasteiger partial charge is 0.472 e. The van der Waals surface area contributed by atoms with Gasteiger partial charge in [0, 0.05) is 44.9 Å². The van der Waals surface area contributed by atoms with E-state index in [0.717, 1.165) is 34.3 Å². The van der Waals surface area contributed by atoms with Crippen LogP contribution in [0.4, 0.5) is 26.3 Å². The van der Waals surface area contributed by atoms with Gasteiger partial charge in [0.1, 0.15) is 23.3 Å². The second-order valence-electron chi connectivity index (χ2n) is 10.9. The molecule has 0 amide bonds. The van der Waals surface area contributed by atoms with Gasteiger partial charge in [0.15, 0.2) is 6.61 Å². The minimum atomic E-state index is -2.79. The van der Waals surface area contributed by atoms with Crippen LogP contribution in [0.15, 0.2) is 18.2 Å². The Morgan fingerprint density at radius 2 is 1.06 bits per heavy atom. The van der Waals surface area contributed by atoms with E-state index in [1.807, 2.05) is 48.7 Å². The molecular weight excluding hydrogens is 670 g/mol. The predicted molar refractivity (Wildman–Crippen MR) is 176 cm³/mol. The SMILES string of the molecule is Cc1c(F)cccc1F.Cc1nc(C)n(C)n1.Cc1nn(C)c(OC(F)F)c1C.Cc1nn(C)c(OCC(F)F)c1C.Cc1nn(C)nc1C. The Morgan fingerprint density at radius 3 is 1.32 bits per heavy atom. The smallest absolute Gasteiger partial charge is 0.388 e. The average Bonchev–Trinajstić information content (AvgIpc) is 3.65. The van der Waals surface area contributed by atoms with E-state index in [9.17, 15) is 26.3 Å². The first kappa shape index (κ1) is 43.1. The van der Waals surface area contributed by atoms with Gasteiger partial charge < -0.3 is 9.47 Å². The van der Waals surface area contributed by atoms with Gasteiger partial charge in [0.2, 0.25) is 11.8 Å². The highest BCUT2D eigenvalue weighted by molar-refractivity contribution is 5.29. The maximum absolute atomic E-state index is 12.3. The van der Waals surface area contributed by atoms with E-state index in [0.29, 0.717) is 17.1 Å². The van der Waals surface area contributed by atoms with Gasteiger partial charge in [-0.15, -0.1) is 0 Å². The van der Waals surface area contributed by atoms with Crippen molar-refractivity contribution >= 4 is 0 Å². The fourth-order valence-corrected chi connectivity index (χ4v) is 3.88. The van der Waals surface area contributed by atoms with Crippen molar-refractivity contribution in [3.8, 4) is 11.8 Å². The molecule has 1 aromatic carbocycles. The third-order valence-corrected chi connectivity index (χ3v) is 6.86. The number of ether oxygens (including phenoxy) is 2. The lowest BCUT2D eigenvalue weighted by molar-refractivity contribution is -0.0557. The molecule has 12 nitrogen and oxygen atoms in total. The molecule has 0 aliphatic heterocycles. The van der Waals surface area contributed by atoms with Gasteiger partial charge in [-0.2, -0.15) is 39.1 Å². The molecule has 18 heteroatoms. The number of hydrogen-bond acceptors (Lipinski definition) is 8. The van der Waals surface area contributed by atoms with Crippen LogP contribution in [0.1, 0.15) is 51.1 Å². The zero-order valence-corrected chi connectivity index (χ0v) is 30.7. The highest BCUT2D eigenvalue weighted by Crippen LogP contribution is 2.21. The average molecular weight is 717 g/mol. The molecule has 0 radical (unpaired) electrons. The van der Waals surface area contributed by atoms with E-state index >= 15 is 0 Å². The van der Waals surface area contributed by atoms with Gasteiger partial charge in [-0.05, 0) is 74.4 Å². The third-order valence-electron chi connectivity index (χ3n) is 6.86. The van der Waals surface area contributed by atoms with Crippen molar-refractivity contribution in [1.29, 1.82) is 0 Å². The van der Waals surface area contributed by atoms with E-state index < -0.39 is 31.3 Å². The van der Waals surface area contributed by atoms with Crippen LogP contribution in [0.2, 0.25) is 0 Å². The van der Waals surface area contributed by atoms with Crippen molar-refractivity contribution < 1.29 is 35.8 Å². The molecule has 4 heterocycles. The first-order valence-corrected chi connectivity index (χ1v) is 15.1. The molecule has 5 rings (SSSR count). The zero-order chi connectivity index (χ0) is 38.5. The van der Waals surface area contributed by atoms with Crippen LogP contribution in [0.25, 0.3) is 0 Å². The second kappa shape index (κ2) is 19.9. The molecular formula is C32H46F6N10O2. The first-order chi connectivity index (χ1) is 23.2. The summed E-state index contributed by atoms with van der Waals surface area (Å²) in [6.07, 6.45) is -2.45. The number of halogens is 6. The molecule has 0 fully saturated rings. The van der Waals surface area contributed by atoms with Crippen molar-refractivity contribution in [1.82, 2.24) is 49.3 Å². The summed E-state index contributed by atoms with van der Waals surface area (Å²) in [5.74, 6) is 1.36. The molecule has 0 N–H and O–H groups in total. The summed E-state index contributed by atoms with van der Waals surface area (Å²) >= 11 is 0. The lowest BCUT2D eigenvalue weighted by Gasteiger charge is -2.05. The summed E-state index contributed by atoms with van der Waals surface area (Å²) in [5, 5.41) is 20.0. The molecule has 0 atom stereocenters. The molecule has 0 aliphatic carbocycles. The Morgan fingerprint density at radius 1 is 0.600 bits per heavy atom. The lowest BCUT2D eigenvalue weighted by Crippen LogP contribution is -2.10. The van der Waals surface area contributed by atoms with Crippen LogP contribution in [-0.4, -0.2) is 69.0 Å². The Hall–Kier alpha value is -4.90. The van der Waals surface area contributed by atoms with Gasteiger partial charge in [0.05, 0.1) is 22.8 Å². The summed E-state index contributed by atoms with van der Waals surface area (Å²) in [6, 6.07) is 3.81. The van der Waals surface area contributed by atoms with E-state index in [1.54, 1.807) is 44.3 Å². The summed E-state index contributed by atoms with van der Waals surface area (Å²) in [5.41, 5.74) is 5.05. The molecule has 0 spiro atoms. The summed E-state index contributed by atoms with van der Waals surface area (Å²) in [4.78, 5) is 5.64. The van der Waals surface area contributed by atoms with E-state index in [-0.39, 0.29) is 11.4 Å². The topological polar surface area (TPSA) is 116 Å². The van der Waals surface area contributed by atoms with Gasteiger partial charge >= 0.3 is 6.61 Å². The third kappa shape index (κ3) is 13.9. The maximum atomic E-state index is 12.3. The van der Waals surface area contributed by atoms with E-state index in [4.69, 9.17) is 4.74 Å². The van der Waals surface area contributed by atoms with Gasteiger partial charge in [0.25, 0.3) is 6.43 Å². The highest BCUT2D eigenvalue weighted by Gasteiger charge is 2.14. The lowest BCUT2D eigenvalue weighted by atomic mass is 10.2. The van der Waals surface area contributed by atoms with Crippen LogP contribution < -0.4 is 9.47 Å². The molecule has 278 valence electrons. The van der Waals surface area contributed by atoms with Crippen molar-refractivity contribution in [2.75, 3.05) is 6.61 Å². The van der Waals surface area contributed by atoms with Crippen LogP contribution >= 0.6 is 0 Å². The molecule has 5 aromatic rings. The van der Waals surface area contributed by atoms with Crippen molar-refractivity contribution in [2.24, 2.45) is 28.2 Å². The van der Waals surface area contributed by atoms with Crippen LogP contribution in [0.5, 0.6) is 11.8 Å². The zero-order valence-electron chi connectivity index (χ0n) is 30.7. The standard InChI is InChI=1S/C8H12F2N2O.C7H10F2N2O.C7H6F2.2C5H9N3/c1-5-6(2)11-12(3)8(5)13-4-7(9)10;1-4-5(2)10-11(3)6(4)12-7(8)9;1-5-6(8)3-2-4-7(5)9;1-4-6-5(2)8(3)7-4;1-4-5(2)7-8(3)6-4/h7H,4H2,1-3H3;7H,1-3H3;2-4H,1H3;2*1-3H3. The summed E-state index contributed by atoms with van der Waals surface area (Å²) in [7, 11) is 6.94. The summed E-state index contributed by atoms with van der Waals surface area (Å²) in [6.45, 7) is 12.8. The number of rotatable bonds is 5. The highest BCUT2D eigenvalue weighted by atomic mass is 19.3. The predicted octanol–water partition coefficient (Wildman–Crippen LogP) is 6.46. The Bertz CT molecular complexity index is 1680. The van der Waals surface area contributed by atoms with Gasteiger partial charge in [-0.1, -0.05) is 6.07 Å². The van der Waals surface area contributed by atoms with E-state index in [2.05, 4.69) is 35.2 Å². The molecule has 0 saturated carbocycles. The monoisotopic (exact) mass is 716 g/mol. The van der Waals surface area contributed by atoms with Gasteiger partial charge in [-0.3, -0.25) is 4.68 Å². The minimum absolute atomic E-state index is 0.0810. The number of aryl methyl sites for hydroxylation is 10. The molecule has 0 bridgehead atoms. The van der Waals surface area contributed by atoms with Crippen LogP contribution in [0.3, 0.4) is 0 Å². The molecule has 50 heavy (non-hydrogen) atoms. The fourth-order valence-electron chi connectivity index (χ4n) is 3.88. The van der Waals surface area contributed by atoms with Crippen molar-refractivity contribution in [3.05, 3.63) is 80.9 Å². The van der Waals surface area contributed by atoms with Crippen molar-refractivity contribution in [3.63, 3.8) is 0 Å². The van der Waals surface area contributed by atoms with Gasteiger partial charge in [-0.25, -0.2) is 31.9 Å². The number of aromatic nitrogens is 10.